The number of hydrogen-bond acceptors (Lipinski definition) is 6. The second kappa shape index (κ2) is 6.93. The van der Waals surface area contributed by atoms with E-state index in [2.05, 4.69) is 42.2 Å². The normalized spacial score (nSPS) is 34.3. The lowest BCUT2D eigenvalue weighted by Gasteiger charge is -2.50. The molecule has 1 spiro atoms. The molecule has 2 bridgehead atoms. The van der Waals surface area contributed by atoms with Crippen LogP contribution in [0.3, 0.4) is 0 Å². The van der Waals surface area contributed by atoms with E-state index < -0.39 is 19.3 Å². The third kappa shape index (κ3) is 3.15. The van der Waals surface area contributed by atoms with Crippen LogP contribution in [0.25, 0.3) is 0 Å². The van der Waals surface area contributed by atoms with Crippen LogP contribution in [0.15, 0.2) is 54.6 Å². The zero-order chi connectivity index (χ0) is 20.1. The SMILES string of the molecule is C[C@@H](COc1ccccc1Cc1ccccc1)N1CCCC23OP(=O)(O2)O[C@]13C. The van der Waals surface area contributed by atoms with Crippen LogP contribution in [0, 0.1) is 0 Å². The Balaban J connectivity index is 1.29. The lowest BCUT2D eigenvalue weighted by atomic mass is 9.91. The number of piperidine rings is 1. The van der Waals surface area contributed by atoms with Crippen molar-refractivity contribution in [1.29, 1.82) is 0 Å². The molecule has 6 nitrogen and oxygen atoms in total. The smallest absolute Gasteiger partial charge is 0.482 e. The molecule has 4 saturated heterocycles. The van der Waals surface area contributed by atoms with E-state index >= 15 is 0 Å². The lowest BCUT2D eigenvalue weighted by Crippen LogP contribution is -2.67. The largest absolute Gasteiger partial charge is 0.492 e. The summed E-state index contributed by atoms with van der Waals surface area (Å²) in [6, 6.07) is 18.6. The molecule has 4 aliphatic heterocycles. The Hall–Kier alpha value is -1.69. The minimum Gasteiger partial charge on any atom is -0.492 e. The third-order valence-corrected chi connectivity index (χ3v) is 7.81. The van der Waals surface area contributed by atoms with E-state index in [1.807, 2.05) is 31.2 Å². The molecule has 0 amide bonds. The van der Waals surface area contributed by atoms with Crippen molar-refractivity contribution in [3.8, 4) is 5.75 Å². The van der Waals surface area contributed by atoms with Gasteiger partial charge in [-0.2, -0.15) is 0 Å². The number of hydrogen-bond donors (Lipinski definition) is 0. The zero-order valence-electron chi connectivity index (χ0n) is 16.7. The van der Waals surface area contributed by atoms with Crippen molar-refractivity contribution in [3.63, 3.8) is 0 Å². The van der Waals surface area contributed by atoms with Crippen LogP contribution >= 0.6 is 7.82 Å². The average molecular weight is 415 g/mol. The van der Waals surface area contributed by atoms with Gasteiger partial charge in [-0.1, -0.05) is 48.5 Å². The second-order valence-corrected chi connectivity index (χ2v) is 9.63. The minimum atomic E-state index is -3.36. The number of phosphoric acid groups is 1. The Labute approximate surface area is 171 Å². The molecule has 0 saturated carbocycles. The first-order chi connectivity index (χ1) is 13.9. The highest BCUT2D eigenvalue weighted by molar-refractivity contribution is 7.50. The van der Waals surface area contributed by atoms with E-state index in [1.165, 1.54) is 5.56 Å². The fraction of sp³-hybridized carbons (Fsp3) is 0.455. The maximum Gasteiger partial charge on any atom is 0.482 e. The number of ether oxygens (including phenoxy) is 1. The average Bonchev–Trinajstić information content (AvgIpc) is 3.08. The van der Waals surface area contributed by atoms with Gasteiger partial charge in [-0.05, 0) is 37.5 Å². The minimum absolute atomic E-state index is 0.0429. The molecule has 0 unspecified atom stereocenters. The summed E-state index contributed by atoms with van der Waals surface area (Å²) >= 11 is 0. The first kappa shape index (κ1) is 19.3. The first-order valence-corrected chi connectivity index (χ1v) is 11.6. The van der Waals surface area contributed by atoms with Crippen molar-refractivity contribution in [2.75, 3.05) is 13.2 Å². The Morgan fingerprint density at radius 1 is 1.10 bits per heavy atom. The summed E-state index contributed by atoms with van der Waals surface area (Å²) in [5, 5.41) is 0. The van der Waals surface area contributed by atoms with Gasteiger partial charge in [-0.3, -0.25) is 9.42 Å². The standard InChI is InChI=1S/C22H26NO5P/c1-17(23-14-8-13-22-21(23,2)26-29(24,27-22)28-22)16-25-20-12-7-6-11-19(20)15-18-9-4-3-5-10-18/h3-7,9-12,17H,8,13-16H2,1-2H3/t17-,21-,22?,29?/m0/s1. The number of phosphoric ester groups is 1. The van der Waals surface area contributed by atoms with E-state index in [9.17, 15) is 4.57 Å². The summed E-state index contributed by atoms with van der Waals surface area (Å²) in [4.78, 5) is 2.17. The topological polar surface area (TPSA) is 57.2 Å². The van der Waals surface area contributed by atoms with E-state index in [0.29, 0.717) is 13.0 Å². The molecular formula is C22H26NO5P. The van der Waals surface area contributed by atoms with Crippen LogP contribution in [0.4, 0.5) is 0 Å². The summed E-state index contributed by atoms with van der Waals surface area (Å²) in [5.74, 6) is -0.0164. The van der Waals surface area contributed by atoms with Crippen molar-refractivity contribution in [2.24, 2.45) is 0 Å². The van der Waals surface area contributed by atoms with Crippen LogP contribution < -0.4 is 4.74 Å². The zero-order valence-corrected chi connectivity index (χ0v) is 17.6. The van der Waals surface area contributed by atoms with Gasteiger partial charge in [0, 0.05) is 25.4 Å². The molecule has 4 fully saturated rings. The molecule has 4 aliphatic rings. The molecule has 154 valence electrons. The van der Waals surface area contributed by atoms with Gasteiger partial charge in [-0.15, -0.1) is 0 Å². The van der Waals surface area contributed by atoms with Crippen molar-refractivity contribution >= 4 is 7.82 Å². The highest BCUT2D eigenvalue weighted by atomic mass is 31.2. The number of rotatable bonds is 6. The molecule has 4 heterocycles. The van der Waals surface area contributed by atoms with Crippen molar-refractivity contribution < 1.29 is 22.9 Å². The number of benzene rings is 2. The van der Waals surface area contributed by atoms with Gasteiger partial charge in [-0.25, -0.2) is 13.6 Å². The van der Waals surface area contributed by atoms with Crippen molar-refractivity contribution in [2.45, 2.75) is 50.7 Å². The van der Waals surface area contributed by atoms with E-state index in [1.54, 1.807) is 0 Å². The maximum atomic E-state index is 12.3. The molecule has 7 heteroatoms. The molecule has 2 atom stereocenters. The van der Waals surface area contributed by atoms with Gasteiger partial charge >= 0.3 is 7.82 Å². The number of likely N-dealkylation sites (tertiary alicyclic amines) is 1. The summed E-state index contributed by atoms with van der Waals surface area (Å²) in [5.41, 5.74) is 1.57. The summed E-state index contributed by atoms with van der Waals surface area (Å²) in [6.45, 7) is 5.32. The molecule has 0 radical (unpaired) electrons. The fourth-order valence-corrected chi connectivity index (χ4v) is 6.71. The Kier molecular flexibility index (Phi) is 4.61. The van der Waals surface area contributed by atoms with Gasteiger partial charge in [0.05, 0.1) is 0 Å². The van der Waals surface area contributed by atoms with Gasteiger partial charge < -0.3 is 4.74 Å². The molecule has 29 heavy (non-hydrogen) atoms. The van der Waals surface area contributed by atoms with E-state index in [0.717, 1.165) is 30.7 Å². The van der Waals surface area contributed by atoms with Gasteiger partial charge in [0.25, 0.3) is 0 Å². The van der Waals surface area contributed by atoms with E-state index in [4.69, 9.17) is 18.3 Å². The third-order valence-electron chi connectivity index (χ3n) is 6.19. The summed E-state index contributed by atoms with van der Waals surface area (Å²) < 4.78 is 35.5. The van der Waals surface area contributed by atoms with Crippen LogP contribution in [0.1, 0.15) is 37.8 Å². The van der Waals surface area contributed by atoms with Gasteiger partial charge in [0.15, 0.2) is 5.72 Å². The first-order valence-electron chi connectivity index (χ1n) is 10.2. The number of para-hydroxylation sites is 1. The number of nitrogens with zero attached hydrogens (tertiary/aromatic N) is 1. The predicted octanol–water partition coefficient (Wildman–Crippen LogP) is 4.74. The molecule has 2 aromatic rings. The van der Waals surface area contributed by atoms with Crippen molar-refractivity contribution in [1.82, 2.24) is 4.90 Å². The summed E-state index contributed by atoms with van der Waals surface area (Å²) in [6.07, 6.45) is 2.41. The fourth-order valence-electron chi connectivity index (χ4n) is 4.70. The quantitative estimate of drug-likeness (QED) is 0.636. The monoisotopic (exact) mass is 415 g/mol. The van der Waals surface area contributed by atoms with Crippen LogP contribution in [0.5, 0.6) is 5.75 Å². The van der Waals surface area contributed by atoms with Gasteiger partial charge in [0.2, 0.25) is 5.79 Å². The highest BCUT2D eigenvalue weighted by Gasteiger charge is 2.79. The molecule has 0 N–H and O–H groups in total. The second-order valence-electron chi connectivity index (χ2n) is 8.18. The van der Waals surface area contributed by atoms with Crippen LogP contribution in [-0.2, 0) is 24.6 Å². The predicted molar refractivity (Wildman–Crippen MR) is 109 cm³/mol. The highest BCUT2D eigenvalue weighted by Crippen LogP contribution is 2.80. The molecule has 6 rings (SSSR count). The van der Waals surface area contributed by atoms with Crippen LogP contribution in [0.2, 0.25) is 0 Å². The summed E-state index contributed by atoms with van der Waals surface area (Å²) in [7, 11) is -3.36. The maximum absolute atomic E-state index is 12.3. The Morgan fingerprint density at radius 3 is 2.62 bits per heavy atom. The molecule has 0 aliphatic carbocycles. The van der Waals surface area contributed by atoms with Gasteiger partial charge in [0.1, 0.15) is 12.4 Å². The molecule has 0 aromatic heterocycles. The molecular weight excluding hydrogens is 389 g/mol. The Bertz CT molecular complexity index is 941. The Morgan fingerprint density at radius 2 is 1.83 bits per heavy atom. The van der Waals surface area contributed by atoms with E-state index in [-0.39, 0.29) is 6.04 Å². The lowest BCUT2D eigenvalue weighted by molar-refractivity contribution is -0.277. The van der Waals surface area contributed by atoms with Crippen LogP contribution in [-0.4, -0.2) is 35.6 Å². The molecule has 2 aromatic carbocycles. The van der Waals surface area contributed by atoms with Crippen molar-refractivity contribution in [3.05, 3.63) is 65.7 Å².